The lowest BCUT2D eigenvalue weighted by atomic mass is 10.0. The van der Waals surface area contributed by atoms with Gasteiger partial charge in [-0.15, -0.1) is 11.3 Å². The molecule has 0 atom stereocenters. The van der Waals surface area contributed by atoms with Gasteiger partial charge in [-0.3, -0.25) is 4.79 Å². The van der Waals surface area contributed by atoms with Crippen molar-refractivity contribution in [3.63, 3.8) is 0 Å². The highest BCUT2D eigenvalue weighted by molar-refractivity contribution is 9.11. The van der Waals surface area contributed by atoms with Crippen LogP contribution in [0, 0.1) is 0 Å². The lowest BCUT2D eigenvalue weighted by molar-refractivity contribution is -0.123. The first-order chi connectivity index (χ1) is 6.19. The van der Waals surface area contributed by atoms with Crippen molar-refractivity contribution in [1.29, 1.82) is 0 Å². The van der Waals surface area contributed by atoms with Crippen LogP contribution < -0.4 is 5.32 Å². The quantitative estimate of drug-likeness (QED) is 0.868. The van der Waals surface area contributed by atoms with Crippen molar-refractivity contribution in [2.24, 2.45) is 0 Å². The number of carbonyl (C=O) groups is 1. The van der Waals surface area contributed by atoms with Crippen LogP contribution in [0.25, 0.3) is 0 Å². The number of hydrogen-bond acceptors (Lipinski definition) is 2. The highest BCUT2D eigenvalue weighted by Crippen LogP contribution is 2.51. The van der Waals surface area contributed by atoms with Gasteiger partial charge >= 0.3 is 0 Å². The van der Waals surface area contributed by atoms with Gasteiger partial charge in [0, 0.05) is 11.9 Å². The minimum Gasteiger partial charge on any atom is -0.358 e. The molecule has 0 spiro atoms. The van der Waals surface area contributed by atoms with Gasteiger partial charge in [0.2, 0.25) is 5.91 Å². The molecule has 0 bridgehead atoms. The van der Waals surface area contributed by atoms with Crippen LogP contribution in [0.4, 0.5) is 0 Å². The van der Waals surface area contributed by atoms with Gasteiger partial charge in [-0.05, 0) is 40.9 Å². The van der Waals surface area contributed by atoms with Crippen molar-refractivity contribution in [3.8, 4) is 0 Å². The number of thiophene rings is 1. The molecule has 1 N–H and O–H groups in total. The third-order valence-corrected chi connectivity index (χ3v) is 4.28. The Kier molecular flexibility index (Phi) is 2.20. The highest BCUT2D eigenvalue weighted by atomic mass is 79.9. The predicted molar refractivity (Wildman–Crippen MR) is 57.0 cm³/mol. The molecular weight excluding hydrogens is 250 g/mol. The molecule has 0 radical (unpaired) electrons. The molecule has 1 amide bonds. The highest BCUT2D eigenvalue weighted by Gasteiger charge is 2.51. The maximum atomic E-state index is 11.6. The topological polar surface area (TPSA) is 29.1 Å². The van der Waals surface area contributed by atoms with Crippen LogP contribution in [0.1, 0.15) is 17.7 Å². The van der Waals surface area contributed by atoms with E-state index >= 15 is 0 Å². The minimum absolute atomic E-state index is 0.154. The van der Waals surface area contributed by atoms with Crippen molar-refractivity contribution >= 4 is 33.2 Å². The van der Waals surface area contributed by atoms with Gasteiger partial charge < -0.3 is 5.32 Å². The number of amides is 1. The first-order valence-electron chi connectivity index (χ1n) is 4.17. The molecule has 1 heterocycles. The second-order valence-electron chi connectivity index (χ2n) is 3.26. The maximum absolute atomic E-state index is 11.6. The van der Waals surface area contributed by atoms with Crippen LogP contribution in [0.3, 0.4) is 0 Å². The third-order valence-electron chi connectivity index (χ3n) is 2.46. The zero-order chi connectivity index (χ0) is 9.47. The summed E-state index contributed by atoms with van der Waals surface area (Å²) in [5, 5.41) is 2.73. The summed E-state index contributed by atoms with van der Waals surface area (Å²) in [4.78, 5) is 12.8. The molecule has 1 aliphatic carbocycles. The Labute approximate surface area is 89.5 Å². The number of hydrogen-bond donors (Lipinski definition) is 1. The number of rotatable bonds is 2. The van der Waals surface area contributed by atoms with Crippen molar-refractivity contribution < 1.29 is 4.79 Å². The molecule has 0 aliphatic heterocycles. The van der Waals surface area contributed by atoms with E-state index in [1.54, 1.807) is 18.4 Å². The lowest BCUT2D eigenvalue weighted by Gasteiger charge is -2.10. The molecule has 1 aliphatic rings. The smallest absolute Gasteiger partial charge is 0.231 e. The number of likely N-dealkylation sites (N-methyl/N-ethyl adjacent to an activating group) is 1. The maximum Gasteiger partial charge on any atom is 0.231 e. The summed E-state index contributed by atoms with van der Waals surface area (Å²) in [5.41, 5.74) is -0.189. The van der Waals surface area contributed by atoms with Crippen LogP contribution in [-0.2, 0) is 10.2 Å². The van der Waals surface area contributed by atoms with E-state index in [4.69, 9.17) is 0 Å². The molecule has 70 valence electrons. The van der Waals surface area contributed by atoms with Gasteiger partial charge in [0.15, 0.2) is 0 Å². The number of carbonyl (C=O) groups excluding carboxylic acids is 1. The molecule has 0 saturated heterocycles. The molecule has 1 saturated carbocycles. The Bertz CT molecular complexity index is 343. The molecule has 0 unspecified atom stereocenters. The van der Waals surface area contributed by atoms with E-state index in [1.165, 1.54) is 4.88 Å². The van der Waals surface area contributed by atoms with Gasteiger partial charge in [0.05, 0.1) is 9.20 Å². The van der Waals surface area contributed by atoms with E-state index in [9.17, 15) is 4.79 Å². The Hall–Kier alpha value is -0.350. The van der Waals surface area contributed by atoms with E-state index in [1.807, 2.05) is 12.1 Å². The summed E-state index contributed by atoms with van der Waals surface area (Å²) in [5.74, 6) is 0.154. The summed E-state index contributed by atoms with van der Waals surface area (Å²) in [6.07, 6.45) is 1.97. The molecule has 2 rings (SSSR count). The first-order valence-corrected chi connectivity index (χ1v) is 5.78. The largest absolute Gasteiger partial charge is 0.358 e. The second-order valence-corrected chi connectivity index (χ2v) is 5.73. The Balaban J connectivity index is 2.30. The number of halogens is 1. The van der Waals surface area contributed by atoms with E-state index in [0.717, 1.165) is 16.6 Å². The van der Waals surface area contributed by atoms with E-state index < -0.39 is 0 Å². The van der Waals surface area contributed by atoms with Crippen molar-refractivity contribution in [2.75, 3.05) is 7.05 Å². The average molecular weight is 260 g/mol. The van der Waals surface area contributed by atoms with Crippen LogP contribution in [0.2, 0.25) is 0 Å². The second kappa shape index (κ2) is 3.10. The fourth-order valence-corrected chi connectivity index (χ4v) is 3.15. The molecule has 1 aromatic heterocycles. The zero-order valence-electron chi connectivity index (χ0n) is 7.26. The minimum atomic E-state index is -0.189. The normalized spacial score (nSPS) is 18.3. The predicted octanol–water partition coefficient (Wildman–Crippen LogP) is 2.29. The molecule has 2 nitrogen and oxygen atoms in total. The molecule has 0 aromatic carbocycles. The number of nitrogens with one attached hydrogen (secondary N) is 1. The van der Waals surface area contributed by atoms with Gasteiger partial charge in [-0.1, -0.05) is 0 Å². The van der Waals surface area contributed by atoms with Gasteiger partial charge in [-0.25, -0.2) is 0 Å². The third kappa shape index (κ3) is 1.42. The van der Waals surface area contributed by atoms with Crippen molar-refractivity contribution in [1.82, 2.24) is 5.32 Å². The molecular formula is C9H10BrNOS. The fourth-order valence-electron chi connectivity index (χ4n) is 1.52. The Morgan fingerprint density at radius 1 is 1.62 bits per heavy atom. The van der Waals surface area contributed by atoms with Crippen LogP contribution in [0.15, 0.2) is 15.9 Å². The SMILES string of the molecule is CNC(=O)C1(c2ccc(Br)s2)CC1. The van der Waals surface area contributed by atoms with E-state index in [0.29, 0.717) is 0 Å². The van der Waals surface area contributed by atoms with Crippen LogP contribution >= 0.6 is 27.3 Å². The van der Waals surface area contributed by atoms with Gasteiger partial charge in [0.25, 0.3) is 0 Å². The van der Waals surface area contributed by atoms with Crippen molar-refractivity contribution in [3.05, 3.63) is 20.8 Å². The molecule has 1 aromatic rings. The van der Waals surface area contributed by atoms with Gasteiger partial charge in [0.1, 0.15) is 0 Å². The summed E-state index contributed by atoms with van der Waals surface area (Å²) in [6.45, 7) is 0. The Morgan fingerprint density at radius 2 is 2.31 bits per heavy atom. The van der Waals surface area contributed by atoms with Gasteiger partial charge in [-0.2, -0.15) is 0 Å². The Morgan fingerprint density at radius 3 is 2.69 bits per heavy atom. The monoisotopic (exact) mass is 259 g/mol. The molecule has 13 heavy (non-hydrogen) atoms. The lowest BCUT2D eigenvalue weighted by Crippen LogP contribution is -2.31. The fraction of sp³-hybridized carbons (Fsp3) is 0.444. The van der Waals surface area contributed by atoms with Crippen molar-refractivity contribution in [2.45, 2.75) is 18.3 Å². The molecule has 1 fully saturated rings. The summed E-state index contributed by atoms with van der Waals surface area (Å²) < 4.78 is 1.10. The summed E-state index contributed by atoms with van der Waals surface area (Å²) in [6, 6.07) is 4.04. The van der Waals surface area contributed by atoms with Crippen LogP contribution in [0.5, 0.6) is 0 Å². The van der Waals surface area contributed by atoms with E-state index in [2.05, 4.69) is 21.2 Å². The van der Waals surface area contributed by atoms with E-state index in [-0.39, 0.29) is 11.3 Å². The summed E-state index contributed by atoms with van der Waals surface area (Å²) in [7, 11) is 1.70. The standard InChI is InChI=1S/C9H10BrNOS/c1-11-8(12)9(4-5-9)6-2-3-7(10)13-6/h2-3H,4-5H2,1H3,(H,11,12). The first kappa shape index (κ1) is 9.21. The zero-order valence-corrected chi connectivity index (χ0v) is 9.67. The summed E-state index contributed by atoms with van der Waals surface area (Å²) >= 11 is 5.07. The molecule has 4 heteroatoms. The van der Waals surface area contributed by atoms with Crippen LogP contribution in [-0.4, -0.2) is 13.0 Å². The average Bonchev–Trinajstić information content (AvgIpc) is 2.83.